The van der Waals surface area contributed by atoms with E-state index in [4.69, 9.17) is 10.5 Å². The van der Waals surface area contributed by atoms with Crippen LogP contribution in [-0.4, -0.2) is 19.1 Å². The summed E-state index contributed by atoms with van der Waals surface area (Å²) in [5, 5.41) is 3.02. The molecule has 1 rings (SSSR count). The molecule has 1 atom stereocenters. The molecular formula is C11H15BrN2O2. The molecule has 16 heavy (non-hydrogen) atoms. The van der Waals surface area contributed by atoms with Gasteiger partial charge in [-0.3, -0.25) is 4.79 Å². The summed E-state index contributed by atoms with van der Waals surface area (Å²) in [5.74, 6) is 0.412. The van der Waals surface area contributed by atoms with Gasteiger partial charge in [-0.15, -0.1) is 0 Å². The predicted molar refractivity (Wildman–Crippen MR) is 66.2 cm³/mol. The quantitative estimate of drug-likeness (QED) is 0.861. The van der Waals surface area contributed by atoms with E-state index in [1.165, 1.54) is 0 Å². The first-order valence-corrected chi connectivity index (χ1v) is 5.69. The van der Waals surface area contributed by atoms with Gasteiger partial charge in [-0.2, -0.15) is 0 Å². The fourth-order valence-electron chi connectivity index (χ4n) is 1.23. The molecule has 4 nitrogen and oxygen atoms in total. The molecule has 1 aromatic rings. The second-order valence-corrected chi connectivity index (χ2v) is 4.38. The summed E-state index contributed by atoms with van der Waals surface area (Å²) in [5.41, 5.74) is 6.14. The van der Waals surface area contributed by atoms with E-state index in [1.54, 1.807) is 14.0 Å². The number of carbonyl (C=O) groups excluding carboxylic acids is 1. The smallest absolute Gasteiger partial charge is 0.234 e. The molecule has 88 valence electrons. The summed E-state index contributed by atoms with van der Waals surface area (Å²) in [4.78, 5) is 10.9. The van der Waals surface area contributed by atoms with Gasteiger partial charge in [0.2, 0.25) is 5.91 Å². The Balaban J connectivity index is 2.70. The number of nitrogens with two attached hydrogens (primary N) is 1. The highest BCUT2D eigenvalue weighted by Gasteiger charge is 2.09. The Kier molecular flexibility index (Phi) is 4.76. The number of nitrogens with one attached hydrogen (secondary N) is 1. The molecule has 1 aromatic carbocycles. The lowest BCUT2D eigenvalue weighted by atomic mass is 10.2. The third kappa shape index (κ3) is 3.50. The van der Waals surface area contributed by atoms with Crippen molar-refractivity contribution in [3.05, 3.63) is 28.2 Å². The van der Waals surface area contributed by atoms with Gasteiger partial charge in [-0.1, -0.05) is 22.0 Å². The number of methoxy groups -OCH3 is 1. The van der Waals surface area contributed by atoms with Gasteiger partial charge in [0.15, 0.2) is 0 Å². The number of rotatable bonds is 5. The summed E-state index contributed by atoms with van der Waals surface area (Å²) in [6.45, 7) is 2.27. The average Bonchev–Trinajstić information content (AvgIpc) is 2.26. The van der Waals surface area contributed by atoms with Gasteiger partial charge >= 0.3 is 0 Å². The lowest BCUT2D eigenvalue weighted by molar-refractivity contribution is -0.119. The maximum atomic E-state index is 10.9. The van der Waals surface area contributed by atoms with Crippen LogP contribution in [0, 0.1) is 0 Å². The van der Waals surface area contributed by atoms with Crippen molar-refractivity contribution in [2.24, 2.45) is 5.73 Å². The summed E-state index contributed by atoms with van der Waals surface area (Å²) in [6.07, 6.45) is 0. The van der Waals surface area contributed by atoms with Crippen molar-refractivity contribution >= 4 is 21.8 Å². The predicted octanol–water partition coefficient (Wildman–Crippen LogP) is 1.42. The van der Waals surface area contributed by atoms with Crippen LogP contribution in [0.5, 0.6) is 5.75 Å². The van der Waals surface area contributed by atoms with Crippen LogP contribution < -0.4 is 15.8 Å². The van der Waals surface area contributed by atoms with Gasteiger partial charge < -0.3 is 15.8 Å². The van der Waals surface area contributed by atoms with Gasteiger partial charge in [0, 0.05) is 16.6 Å². The zero-order valence-corrected chi connectivity index (χ0v) is 10.9. The first kappa shape index (κ1) is 13.0. The van der Waals surface area contributed by atoms with Gasteiger partial charge in [-0.25, -0.2) is 0 Å². The van der Waals surface area contributed by atoms with Crippen molar-refractivity contribution in [1.82, 2.24) is 5.32 Å². The van der Waals surface area contributed by atoms with Crippen molar-refractivity contribution in [2.75, 3.05) is 7.11 Å². The maximum Gasteiger partial charge on any atom is 0.234 e. The highest BCUT2D eigenvalue weighted by atomic mass is 79.9. The van der Waals surface area contributed by atoms with Crippen molar-refractivity contribution in [2.45, 2.75) is 19.5 Å². The fraction of sp³-hybridized carbons (Fsp3) is 0.364. The summed E-state index contributed by atoms with van der Waals surface area (Å²) >= 11 is 3.37. The fourth-order valence-corrected chi connectivity index (χ4v) is 1.57. The number of carbonyl (C=O) groups is 1. The molecule has 5 heteroatoms. The monoisotopic (exact) mass is 286 g/mol. The van der Waals surface area contributed by atoms with Gasteiger partial charge in [0.1, 0.15) is 5.75 Å². The molecule has 1 amide bonds. The largest absolute Gasteiger partial charge is 0.496 e. The minimum atomic E-state index is -0.365. The van der Waals surface area contributed by atoms with E-state index in [0.717, 1.165) is 15.8 Å². The number of hydrogen-bond acceptors (Lipinski definition) is 3. The number of ether oxygens (including phenoxy) is 1. The van der Waals surface area contributed by atoms with Crippen molar-refractivity contribution < 1.29 is 9.53 Å². The van der Waals surface area contributed by atoms with Crippen LogP contribution in [0.2, 0.25) is 0 Å². The van der Waals surface area contributed by atoms with Crippen LogP contribution in [0.1, 0.15) is 12.5 Å². The SMILES string of the molecule is COc1cc(Br)ccc1CN[C@@H](C)C(N)=O. The molecule has 0 aliphatic heterocycles. The molecule has 0 heterocycles. The van der Waals surface area contributed by atoms with Crippen LogP contribution in [0.15, 0.2) is 22.7 Å². The molecule has 0 spiro atoms. The van der Waals surface area contributed by atoms with E-state index in [9.17, 15) is 4.79 Å². The average molecular weight is 287 g/mol. The molecule has 0 saturated carbocycles. The van der Waals surface area contributed by atoms with E-state index in [0.29, 0.717) is 6.54 Å². The Morgan fingerprint density at radius 1 is 1.62 bits per heavy atom. The zero-order chi connectivity index (χ0) is 12.1. The summed E-state index contributed by atoms with van der Waals surface area (Å²) < 4.78 is 6.19. The lowest BCUT2D eigenvalue weighted by Crippen LogP contribution is -2.38. The molecule has 0 aliphatic carbocycles. The van der Waals surface area contributed by atoms with E-state index in [2.05, 4.69) is 21.2 Å². The number of benzene rings is 1. The minimum Gasteiger partial charge on any atom is -0.496 e. The number of halogens is 1. The first-order valence-electron chi connectivity index (χ1n) is 4.89. The molecule has 0 aliphatic rings. The highest BCUT2D eigenvalue weighted by molar-refractivity contribution is 9.10. The van der Waals surface area contributed by atoms with E-state index < -0.39 is 0 Å². The van der Waals surface area contributed by atoms with E-state index in [1.807, 2.05) is 18.2 Å². The molecular weight excluding hydrogens is 272 g/mol. The van der Waals surface area contributed by atoms with Gasteiger partial charge in [0.25, 0.3) is 0 Å². The standard InChI is InChI=1S/C11H15BrN2O2/c1-7(11(13)15)14-6-8-3-4-9(12)5-10(8)16-2/h3-5,7,14H,6H2,1-2H3,(H2,13,15)/t7-/m0/s1. The molecule has 0 saturated heterocycles. The Bertz CT molecular complexity index is 382. The molecule has 0 bridgehead atoms. The summed E-state index contributed by atoms with van der Waals surface area (Å²) in [7, 11) is 1.61. The van der Waals surface area contributed by atoms with Gasteiger partial charge in [-0.05, 0) is 19.1 Å². The minimum absolute atomic E-state index is 0.353. The Labute approximate surface area is 103 Å². The van der Waals surface area contributed by atoms with Crippen LogP contribution in [0.3, 0.4) is 0 Å². The molecule has 0 aromatic heterocycles. The number of hydrogen-bond donors (Lipinski definition) is 2. The van der Waals surface area contributed by atoms with Crippen molar-refractivity contribution in [3.63, 3.8) is 0 Å². The van der Waals surface area contributed by atoms with Crippen molar-refractivity contribution in [3.8, 4) is 5.75 Å². The molecule has 0 unspecified atom stereocenters. The second-order valence-electron chi connectivity index (χ2n) is 3.46. The van der Waals surface area contributed by atoms with E-state index in [-0.39, 0.29) is 11.9 Å². The van der Waals surface area contributed by atoms with Crippen LogP contribution >= 0.6 is 15.9 Å². The molecule has 3 N–H and O–H groups in total. The Morgan fingerprint density at radius 2 is 2.31 bits per heavy atom. The Morgan fingerprint density at radius 3 is 2.88 bits per heavy atom. The zero-order valence-electron chi connectivity index (χ0n) is 9.29. The third-order valence-electron chi connectivity index (χ3n) is 2.27. The van der Waals surface area contributed by atoms with Crippen LogP contribution in [-0.2, 0) is 11.3 Å². The lowest BCUT2D eigenvalue weighted by Gasteiger charge is -2.12. The Hall–Kier alpha value is -1.07. The topological polar surface area (TPSA) is 64.3 Å². The second kappa shape index (κ2) is 5.86. The maximum absolute atomic E-state index is 10.9. The molecule has 0 fully saturated rings. The first-order chi connectivity index (χ1) is 7.54. The van der Waals surface area contributed by atoms with Crippen molar-refractivity contribution in [1.29, 1.82) is 0 Å². The van der Waals surface area contributed by atoms with Gasteiger partial charge in [0.05, 0.1) is 13.2 Å². The van der Waals surface area contributed by atoms with Crippen LogP contribution in [0.4, 0.5) is 0 Å². The molecule has 0 radical (unpaired) electrons. The summed E-state index contributed by atoms with van der Waals surface area (Å²) in [6, 6.07) is 5.39. The van der Waals surface area contributed by atoms with E-state index >= 15 is 0 Å². The number of amides is 1. The normalized spacial score (nSPS) is 12.2. The van der Waals surface area contributed by atoms with Crippen LogP contribution in [0.25, 0.3) is 0 Å². The number of primary amides is 1. The third-order valence-corrected chi connectivity index (χ3v) is 2.77. The highest BCUT2D eigenvalue weighted by Crippen LogP contribution is 2.23.